The minimum absolute atomic E-state index is 0. The molecule has 0 fully saturated rings. The molecule has 2 heteroatoms. The van der Waals surface area contributed by atoms with Crippen molar-refractivity contribution in [2.45, 2.75) is 45.3 Å². The zero-order valence-electron chi connectivity index (χ0n) is 9.48. The predicted molar refractivity (Wildman–Crippen MR) is 57.7 cm³/mol. The Morgan fingerprint density at radius 1 is 1.23 bits per heavy atom. The molecule has 0 unspecified atom stereocenters. The second-order valence-electron chi connectivity index (χ2n) is 3.54. The maximum Gasteiger partial charge on any atom is 1.00 e. The molecule has 0 saturated heterocycles. The molecular weight excluding hydrogens is 167 g/mol. The van der Waals surface area contributed by atoms with E-state index in [1.807, 2.05) is 0 Å². The van der Waals surface area contributed by atoms with Gasteiger partial charge < -0.3 is 0 Å². The average Bonchev–Trinajstić information content (AvgIpc) is 2.62. The van der Waals surface area contributed by atoms with Crippen molar-refractivity contribution in [3.63, 3.8) is 0 Å². The number of hydrogen-bond acceptors (Lipinski definition) is 0. The maximum atomic E-state index is 3.52. The van der Waals surface area contributed by atoms with Gasteiger partial charge in [-0.05, 0) is 0 Å². The summed E-state index contributed by atoms with van der Waals surface area (Å²) in [5.74, 6) is 0. The molecule has 0 atom stereocenters. The molecule has 68 valence electrons. The quantitative estimate of drug-likeness (QED) is 0.448. The van der Waals surface area contributed by atoms with Crippen molar-refractivity contribution in [2.24, 2.45) is 0 Å². The Hall–Kier alpha value is 0.294. The van der Waals surface area contributed by atoms with Crippen molar-refractivity contribution in [1.82, 2.24) is 0 Å². The zero-order valence-corrected chi connectivity index (χ0v) is 10.5. The molecular formula is C11H19LiSi. The van der Waals surface area contributed by atoms with Crippen molar-refractivity contribution >= 4 is 8.07 Å². The number of allylic oxidation sites excluding steroid dienone is 4. The van der Waals surface area contributed by atoms with E-state index >= 15 is 0 Å². The van der Waals surface area contributed by atoms with Crippen LogP contribution in [0.15, 0.2) is 17.3 Å². The minimum Gasteiger partial charge on any atom is -0.274 e. The van der Waals surface area contributed by atoms with Gasteiger partial charge in [0.25, 0.3) is 0 Å². The van der Waals surface area contributed by atoms with Crippen LogP contribution < -0.4 is 18.9 Å². The molecule has 0 N–H and O–H groups in total. The Labute approximate surface area is 95.7 Å². The van der Waals surface area contributed by atoms with Crippen LogP contribution >= 0.6 is 0 Å². The van der Waals surface area contributed by atoms with Crippen molar-refractivity contribution in [1.29, 1.82) is 0 Å². The molecule has 0 bridgehead atoms. The molecule has 0 amide bonds. The van der Waals surface area contributed by atoms with Gasteiger partial charge in [-0.15, -0.1) is 6.42 Å². The summed E-state index contributed by atoms with van der Waals surface area (Å²) in [4.78, 5) is 0. The SMILES string of the molecule is CC[Si](CC)(CC)C1=[C-]CC=C1.[Li+]. The normalized spacial score (nSPS) is 15.5. The fourth-order valence-corrected chi connectivity index (χ4v) is 5.68. The van der Waals surface area contributed by atoms with Crippen molar-refractivity contribution in [3.8, 4) is 0 Å². The Bertz CT molecular complexity index is 194. The molecule has 0 aromatic heterocycles. The van der Waals surface area contributed by atoms with Gasteiger partial charge in [0, 0.05) is 8.07 Å². The molecule has 0 heterocycles. The van der Waals surface area contributed by atoms with Crippen LogP contribution in [-0.2, 0) is 0 Å². The third-order valence-electron chi connectivity index (χ3n) is 3.30. The summed E-state index contributed by atoms with van der Waals surface area (Å²) in [5, 5.41) is 1.59. The van der Waals surface area contributed by atoms with Gasteiger partial charge in [0.15, 0.2) is 0 Å². The van der Waals surface area contributed by atoms with E-state index < -0.39 is 8.07 Å². The zero-order chi connectivity index (χ0) is 9.03. The molecule has 0 saturated carbocycles. The number of rotatable bonds is 4. The summed E-state index contributed by atoms with van der Waals surface area (Å²) in [6, 6.07) is 4.14. The third-order valence-corrected chi connectivity index (χ3v) is 8.84. The van der Waals surface area contributed by atoms with Crippen molar-refractivity contribution in [2.75, 3.05) is 0 Å². The summed E-state index contributed by atoms with van der Waals surface area (Å²) < 4.78 is 0. The fraction of sp³-hybridized carbons (Fsp3) is 0.636. The van der Waals surface area contributed by atoms with Crippen LogP contribution in [0.3, 0.4) is 0 Å². The third kappa shape index (κ3) is 2.62. The van der Waals surface area contributed by atoms with E-state index in [9.17, 15) is 0 Å². The van der Waals surface area contributed by atoms with Crippen LogP contribution in [0.5, 0.6) is 0 Å². The van der Waals surface area contributed by atoms with Gasteiger partial charge in [-0.1, -0.05) is 38.9 Å². The van der Waals surface area contributed by atoms with Crippen LogP contribution in [0.4, 0.5) is 0 Å². The smallest absolute Gasteiger partial charge is 0.274 e. The van der Waals surface area contributed by atoms with Gasteiger partial charge in [0.05, 0.1) is 0 Å². The van der Waals surface area contributed by atoms with Crippen molar-refractivity contribution in [3.05, 3.63) is 23.4 Å². The Morgan fingerprint density at radius 2 is 1.77 bits per heavy atom. The van der Waals surface area contributed by atoms with Crippen LogP contribution in [0, 0.1) is 6.08 Å². The van der Waals surface area contributed by atoms with E-state index in [-0.39, 0.29) is 18.9 Å². The number of hydrogen-bond donors (Lipinski definition) is 0. The van der Waals surface area contributed by atoms with Crippen LogP contribution in [-0.4, -0.2) is 8.07 Å². The first-order valence-electron chi connectivity index (χ1n) is 5.07. The molecule has 13 heavy (non-hydrogen) atoms. The standard InChI is InChI=1S/C11H19Si.Li/c1-4-12(5-2,6-3)11-9-7-8-10-11;/h7,9H,4-6,8H2,1-3H3;/q-1;+1. The Morgan fingerprint density at radius 3 is 2.08 bits per heavy atom. The topological polar surface area (TPSA) is 0 Å². The van der Waals surface area contributed by atoms with Gasteiger partial charge >= 0.3 is 18.9 Å². The van der Waals surface area contributed by atoms with Crippen LogP contribution in [0.25, 0.3) is 0 Å². The molecule has 0 aromatic rings. The Balaban J connectivity index is 0.00000144. The summed E-state index contributed by atoms with van der Waals surface area (Å²) >= 11 is 0. The second kappa shape index (κ2) is 5.91. The predicted octanol–water partition coefficient (Wildman–Crippen LogP) is 0.728. The van der Waals surface area contributed by atoms with E-state index in [2.05, 4.69) is 39.0 Å². The second-order valence-corrected chi connectivity index (χ2v) is 8.76. The summed E-state index contributed by atoms with van der Waals surface area (Å²) in [5.41, 5.74) is 0. The van der Waals surface area contributed by atoms with Gasteiger partial charge in [0.2, 0.25) is 0 Å². The summed E-state index contributed by atoms with van der Waals surface area (Å²) in [6.07, 6.45) is 9.15. The molecule has 0 radical (unpaired) electrons. The van der Waals surface area contributed by atoms with Gasteiger partial charge in [-0.2, -0.15) is 6.08 Å². The van der Waals surface area contributed by atoms with Crippen LogP contribution in [0.1, 0.15) is 27.2 Å². The minimum atomic E-state index is -1.07. The Kier molecular flexibility index (Phi) is 6.04. The first-order chi connectivity index (χ1) is 5.79. The van der Waals surface area contributed by atoms with Gasteiger partial charge in [-0.3, -0.25) is 6.08 Å². The largest absolute Gasteiger partial charge is 1.00 e. The van der Waals surface area contributed by atoms with E-state index in [1.54, 1.807) is 5.20 Å². The molecule has 1 rings (SSSR count). The van der Waals surface area contributed by atoms with E-state index in [1.165, 1.54) is 18.1 Å². The van der Waals surface area contributed by atoms with E-state index in [0.717, 1.165) is 6.42 Å². The average molecular weight is 186 g/mol. The van der Waals surface area contributed by atoms with E-state index in [4.69, 9.17) is 0 Å². The summed E-state index contributed by atoms with van der Waals surface area (Å²) in [6.45, 7) is 7.04. The summed E-state index contributed by atoms with van der Waals surface area (Å²) in [7, 11) is -1.07. The fourth-order valence-electron chi connectivity index (χ4n) is 2.09. The van der Waals surface area contributed by atoms with Gasteiger partial charge in [0.1, 0.15) is 0 Å². The molecule has 0 nitrogen and oxygen atoms in total. The van der Waals surface area contributed by atoms with Crippen molar-refractivity contribution < 1.29 is 18.9 Å². The van der Waals surface area contributed by atoms with E-state index in [0.29, 0.717) is 0 Å². The monoisotopic (exact) mass is 186 g/mol. The molecule has 0 aliphatic heterocycles. The van der Waals surface area contributed by atoms with Crippen LogP contribution in [0.2, 0.25) is 18.1 Å². The first-order valence-corrected chi connectivity index (χ1v) is 7.69. The maximum absolute atomic E-state index is 3.52. The molecule has 1 aliphatic carbocycles. The molecule has 0 spiro atoms. The molecule has 1 aliphatic rings. The molecule has 0 aromatic carbocycles. The van der Waals surface area contributed by atoms with Gasteiger partial charge in [-0.25, -0.2) is 11.3 Å². The first kappa shape index (κ1) is 13.3.